The van der Waals surface area contributed by atoms with Gasteiger partial charge in [-0.15, -0.1) is 11.8 Å². The molecule has 0 spiro atoms. The Bertz CT molecular complexity index is 289. The number of thioether (sulfide) groups is 1. The number of rotatable bonds is 2. The maximum Gasteiger partial charge on any atom is 0.160 e. The number of hydrogen-bond donors (Lipinski definition) is 1. The Morgan fingerprint density at radius 1 is 1.33 bits per heavy atom. The van der Waals surface area contributed by atoms with Gasteiger partial charge in [0.05, 0.1) is 0 Å². The highest BCUT2D eigenvalue weighted by molar-refractivity contribution is 7.99. The third-order valence-corrected chi connectivity index (χ3v) is 2.31. The molecule has 0 bridgehead atoms. The van der Waals surface area contributed by atoms with Crippen LogP contribution in [0.1, 0.15) is 6.92 Å². The van der Waals surface area contributed by atoms with Gasteiger partial charge in [-0.25, -0.2) is 8.78 Å². The number of anilines is 1. The van der Waals surface area contributed by atoms with Crippen molar-refractivity contribution in [1.29, 1.82) is 0 Å². The molecular formula is C8H9F2NS. The number of benzene rings is 1. The molecule has 66 valence electrons. The van der Waals surface area contributed by atoms with E-state index in [9.17, 15) is 8.78 Å². The Hall–Kier alpha value is -0.770. The molecule has 1 rings (SSSR count). The Balaban J connectivity index is 3.05. The molecule has 0 radical (unpaired) electrons. The number of hydrogen-bond acceptors (Lipinski definition) is 2. The van der Waals surface area contributed by atoms with Crippen molar-refractivity contribution in [1.82, 2.24) is 0 Å². The van der Waals surface area contributed by atoms with Crippen LogP contribution in [0, 0.1) is 11.6 Å². The Labute approximate surface area is 74.0 Å². The van der Waals surface area contributed by atoms with E-state index < -0.39 is 11.6 Å². The van der Waals surface area contributed by atoms with Crippen molar-refractivity contribution in [2.75, 3.05) is 11.5 Å². The zero-order valence-corrected chi connectivity index (χ0v) is 7.42. The maximum atomic E-state index is 12.6. The molecule has 0 aliphatic heterocycles. The Morgan fingerprint density at radius 2 is 1.92 bits per heavy atom. The van der Waals surface area contributed by atoms with Crippen molar-refractivity contribution in [3.05, 3.63) is 23.8 Å². The minimum Gasteiger partial charge on any atom is -0.398 e. The summed E-state index contributed by atoms with van der Waals surface area (Å²) < 4.78 is 25.2. The van der Waals surface area contributed by atoms with Crippen LogP contribution < -0.4 is 5.73 Å². The van der Waals surface area contributed by atoms with Crippen LogP contribution in [0.25, 0.3) is 0 Å². The summed E-state index contributed by atoms with van der Waals surface area (Å²) in [5.41, 5.74) is 5.74. The minimum absolute atomic E-state index is 0.292. The largest absolute Gasteiger partial charge is 0.398 e. The van der Waals surface area contributed by atoms with Crippen LogP contribution in [0.3, 0.4) is 0 Å². The van der Waals surface area contributed by atoms with Gasteiger partial charge in [-0.1, -0.05) is 6.92 Å². The molecule has 12 heavy (non-hydrogen) atoms. The van der Waals surface area contributed by atoms with Crippen LogP contribution in [0.2, 0.25) is 0 Å². The lowest BCUT2D eigenvalue weighted by atomic mass is 10.3. The standard InChI is InChI=1S/C8H9F2NS/c1-2-12-8-4-6(10)5(9)3-7(8)11/h3-4H,2,11H2,1H3. The third kappa shape index (κ3) is 1.88. The third-order valence-electron chi connectivity index (χ3n) is 1.35. The highest BCUT2D eigenvalue weighted by Crippen LogP contribution is 2.26. The summed E-state index contributed by atoms with van der Waals surface area (Å²) in [4.78, 5) is 0.594. The molecule has 0 saturated carbocycles. The average Bonchev–Trinajstić information content (AvgIpc) is 2.01. The van der Waals surface area contributed by atoms with Gasteiger partial charge in [0.25, 0.3) is 0 Å². The van der Waals surface area contributed by atoms with Gasteiger partial charge in [-0.3, -0.25) is 0 Å². The molecule has 1 nitrogen and oxygen atoms in total. The molecule has 0 atom stereocenters. The summed E-state index contributed by atoms with van der Waals surface area (Å²) in [6.45, 7) is 1.92. The van der Waals surface area contributed by atoms with Gasteiger partial charge in [0, 0.05) is 16.6 Å². The molecule has 2 N–H and O–H groups in total. The van der Waals surface area contributed by atoms with Crippen molar-refractivity contribution in [3.8, 4) is 0 Å². The van der Waals surface area contributed by atoms with E-state index in [2.05, 4.69) is 0 Å². The fourth-order valence-electron chi connectivity index (χ4n) is 0.824. The van der Waals surface area contributed by atoms with Gasteiger partial charge in [0.2, 0.25) is 0 Å². The number of nitrogen functional groups attached to an aromatic ring is 1. The van der Waals surface area contributed by atoms with Gasteiger partial charge in [-0.2, -0.15) is 0 Å². The minimum atomic E-state index is -0.895. The normalized spacial score (nSPS) is 10.2. The lowest BCUT2D eigenvalue weighted by molar-refractivity contribution is 0.506. The van der Waals surface area contributed by atoms with Crippen molar-refractivity contribution >= 4 is 17.4 Å². The highest BCUT2D eigenvalue weighted by Gasteiger charge is 2.06. The lowest BCUT2D eigenvalue weighted by Crippen LogP contribution is -1.93. The predicted octanol–water partition coefficient (Wildman–Crippen LogP) is 2.66. The van der Waals surface area contributed by atoms with Gasteiger partial charge < -0.3 is 5.73 Å². The Morgan fingerprint density at radius 3 is 2.50 bits per heavy atom. The van der Waals surface area contributed by atoms with E-state index in [0.717, 1.165) is 17.9 Å². The van der Waals surface area contributed by atoms with Crippen LogP contribution in [-0.4, -0.2) is 5.75 Å². The van der Waals surface area contributed by atoms with Crippen molar-refractivity contribution in [3.63, 3.8) is 0 Å². The van der Waals surface area contributed by atoms with E-state index in [1.807, 2.05) is 6.92 Å². The molecule has 0 aliphatic carbocycles. The number of halogens is 2. The summed E-state index contributed by atoms with van der Waals surface area (Å²) >= 11 is 1.39. The second-order valence-corrected chi connectivity index (χ2v) is 3.54. The summed E-state index contributed by atoms with van der Waals surface area (Å²) in [7, 11) is 0. The van der Waals surface area contributed by atoms with Gasteiger partial charge in [0.15, 0.2) is 11.6 Å². The molecule has 0 aliphatic rings. The van der Waals surface area contributed by atoms with Crippen LogP contribution in [0.15, 0.2) is 17.0 Å². The summed E-state index contributed by atoms with van der Waals surface area (Å²) in [5, 5.41) is 0. The van der Waals surface area contributed by atoms with Crippen molar-refractivity contribution in [2.24, 2.45) is 0 Å². The van der Waals surface area contributed by atoms with Crippen molar-refractivity contribution in [2.45, 2.75) is 11.8 Å². The van der Waals surface area contributed by atoms with Gasteiger partial charge in [-0.05, 0) is 11.8 Å². The van der Waals surface area contributed by atoms with E-state index in [1.54, 1.807) is 0 Å². The first-order valence-corrected chi connectivity index (χ1v) is 4.51. The molecule has 1 aromatic rings. The van der Waals surface area contributed by atoms with Crippen molar-refractivity contribution < 1.29 is 8.78 Å². The fraction of sp³-hybridized carbons (Fsp3) is 0.250. The van der Waals surface area contributed by atoms with E-state index in [0.29, 0.717) is 10.6 Å². The van der Waals surface area contributed by atoms with E-state index in [-0.39, 0.29) is 0 Å². The molecular weight excluding hydrogens is 180 g/mol. The first-order chi connectivity index (χ1) is 5.65. The van der Waals surface area contributed by atoms with E-state index in [4.69, 9.17) is 5.73 Å². The van der Waals surface area contributed by atoms with Crippen LogP contribution in [0.5, 0.6) is 0 Å². The molecule has 0 unspecified atom stereocenters. The Kier molecular flexibility index (Phi) is 2.92. The summed E-state index contributed by atoms with van der Waals surface area (Å²) in [6.07, 6.45) is 0. The molecule has 0 fully saturated rings. The summed E-state index contributed by atoms with van der Waals surface area (Å²) in [5.74, 6) is -0.956. The first kappa shape index (κ1) is 9.32. The quantitative estimate of drug-likeness (QED) is 0.571. The van der Waals surface area contributed by atoms with Gasteiger partial charge >= 0.3 is 0 Å². The topological polar surface area (TPSA) is 26.0 Å². The predicted molar refractivity (Wildman–Crippen MR) is 47.2 cm³/mol. The second-order valence-electron chi connectivity index (χ2n) is 2.24. The van der Waals surface area contributed by atoms with Crippen LogP contribution in [-0.2, 0) is 0 Å². The monoisotopic (exact) mass is 189 g/mol. The highest BCUT2D eigenvalue weighted by atomic mass is 32.2. The van der Waals surface area contributed by atoms with E-state index in [1.165, 1.54) is 11.8 Å². The maximum absolute atomic E-state index is 12.6. The molecule has 0 heterocycles. The molecule has 0 saturated heterocycles. The zero-order chi connectivity index (χ0) is 9.14. The number of nitrogens with two attached hydrogens (primary N) is 1. The summed E-state index contributed by atoms with van der Waals surface area (Å²) in [6, 6.07) is 2.13. The van der Waals surface area contributed by atoms with Gasteiger partial charge in [0.1, 0.15) is 0 Å². The molecule has 4 heteroatoms. The second kappa shape index (κ2) is 3.76. The molecule has 0 amide bonds. The fourth-order valence-corrected chi connectivity index (χ4v) is 1.55. The van der Waals surface area contributed by atoms with Crippen LogP contribution in [0.4, 0.5) is 14.5 Å². The van der Waals surface area contributed by atoms with Crippen LogP contribution >= 0.6 is 11.8 Å². The smallest absolute Gasteiger partial charge is 0.160 e. The first-order valence-electron chi connectivity index (χ1n) is 3.52. The lowest BCUT2D eigenvalue weighted by Gasteiger charge is -2.03. The molecule has 1 aromatic carbocycles. The SMILES string of the molecule is CCSc1cc(F)c(F)cc1N. The average molecular weight is 189 g/mol. The van der Waals surface area contributed by atoms with E-state index >= 15 is 0 Å². The molecule has 0 aromatic heterocycles. The zero-order valence-electron chi connectivity index (χ0n) is 6.60.